The molecule has 168 valence electrons. The molecule has 0 bridgehead atoms. The molecule has 1 heterocycles. The number of carbonyl (C=O) groups excluding carboxylic acids is 2. The van der Waals surface area contributed by atoms with Crippen LogP contribution < -0.4 is 15.4 Å². The Morgan fingerprint density at radius 3 is 2.61 bits per heavy atom. The first-order chi connectivity index (χ1) is 14.8. The van der Waals surface area contributed by atoms with Gasteiger partial charge in [0, 0.05) is 25.6 Å². The van der Waals surface area contributed by atoms with Crippen molar-refractivity contribution in [3.8, 4) is 5.75 Å². The van der Waals surface area contributed by atoms with Gasteiger partial charge in [-0.2, -0.15) is 0 Å². The minimum Gasteiger partial charge on any atom is -0.494 e. The zero-order chi connectivity index (χ0) is 23.2. The first kappa shape index (κ1) is 26.2. The number of rotatable bonds is 9. The summed E-state index contributed by atoms with van der Waals surface area (Å²) in [5.41, 5.74) is 0.0589. The van der Waals surface area contributed by atoms with E-state index < -0.39 is 30.8 Å². The molecule has 0 fully saturated rings. The molecule has 1 atom stereocenters. The van der Waals surface area contributed by atoms with Crippen molar-refractivity contribution < 1.29 is 33.5 Å². The highest BCUT2D eigenvalue weighted by atomic mass is 35.5. The van der Waals surface area contributed by atoms with Crippen LogP contribution in [0.15, 0.2) is 36.8 Å². The van der Waals surface area contributed by atoms with Crippen molar-refractivity contribution in [1.29, 1.82) is 0 Å². The molecule has 0 aliphatic heterocycles. The van der Waals surface area contributed by atoms with E-state index in [2.05, 4.69) is 20.6 Å². The fourth-order valence-electron chi connectivity index (χ4n) is 2.05. The highest BCUT2D eigenvalue weighted by Crippen LogP contribution is 2.19. The van der Waals surface area contributed by atoms with E-state index in [4.69, 9.17) is 31.1 Å². The molecule has 10 nitrogen and oxygen atoms in total. The largest absolute Gasteiger partial charge is 0.494 e. The number of methoxy groups -OCH3 is 1. The monoisotopic (exact) mass is 456 g/mol. The Hall–Kier alpha value is -2.80. The van der Waals surface area contributed by atoms with Crippen molar-refractivity contribution in [2.24, 2.45) is 0 Å². The molecule has 1 aromatic carbocycles. The van der Waals surface area contributed by atoms with Crippen molar-refractivity contribution in [1.82, 2.24) is 20.6 Å². The highest BCUT2D eigenvalue weighted by molar-refractivity contribution is 6.41. The molecular formula is C18H23BClFN4O6. The second-order valence-corrected chi connectivity index (χ2v) is 6.21. The third-order valence-corrected chi connectivity index (χ3v) is 3.72. The average Bonchev–Trinajstić information content (AvgIpc) is 2.75. The molecule has 0 spiro atoms. The van der Waals surface area contributed by atoms with Gasteiger partial charge >= 0.3 is 7.12 Å². The van der Waals surface area contributed by atoms with E-state index in [1.54, 1.807) is 6.07 Å². The number of halogens is 2. The van der Waals surface area contributed by atoms with Crippen LogP contribution in [0.5, 0.6) is 5.75 Å². The number of amides is 2. The van der Waals surface area contributed by atoms with Gasteiger partial charge < -0.3 is 30.2 Å². The number of ether oxygens (including phenoxy) is 2. The lowest BCUT2D eigenvalue weighted by Gasteiger charge is -2.17. The number of nitrogens with one attached hydrogen (secondary N) is 2. The summed E-state index contributed by atoms with van der Waals surface area (Å²) in [4.78, 5) is 31.1. The minimum atomic E-state index is -1.67. The Morgan fingerprint density at radius 1 is 1.32 bits per heavy atom. The Labute approximate surface area is 183 Å². The lowest BCUT2D eigenvalue weighted by molar-refractivity contribution is -0.123. The van der Waals surface area contributed by atoms with Crippen LogP contribution in [0.2, 0.25) is 5.02 Å². The fourth-order valence-corrected chi connectivity index (χ4v) is 2.16. The number of benzene rings is 1. The van der Waals surface area contributed by atoms with Gasteiger partial charge in [-0.3, -0.25) is 14.6 Å². The standard InChI is InChI=1S/C10H15BN4O5.C8H8ClFO/c1-20-5-8(9(16)14-6-11(18)19)15-10(17)7-4-12-2-3-13-7;1-2-11-6-3-4-7(9)8(10)5-6/h2-4,8,18-19H,5-6H2,1H3,(H,14,16)(H,15,17);3-5H,2H2,1H3. The number of nitrogens with zero attached hydrogens (tertiary/aromatic N) is 2. The molecule has 0 saturated carbocycles. The maximum Gasteiger partial charge on any atom is 0.472 e. The van der Waals surface area contributed by atoms with Crippen LogP contribution in [-0.2, 0) is 9.53 Å². The Bertz CT molecular complexity index is 834. The molecular weight excluding hydrogens is 433 g/mol. The third kappa shape index (κ3) is 10.2. The quantitative estimate of drug-likeness (QED) is 0.393. The van der Waals surface area contributed by atoms with Gasteiger partial charge in [-0.15, -0.1) is 0 Å². The first-order valence-electron chi connectivity index (χ1n) is 9.06. The molecule has 0 aliphatic rings. The molecule has 0 saturated heterocycles. The molecule has 2 amide bonds. The maximum atomic E-state index is 12.7. The van der Waals surface area contributed by atoms with Crippen LogP contribution in [0.25, 0.3) is 0 Å². The lowest BCUT2D eigenvalue weighted by atomic mass is 9.92. The van der Waals surface area contributed by atoms with E-state index in [-0.39, 0.29) is 23.8 Å². The summed E-state index contributed by atoms with van der Waals surface area (Å²) in [6.45, 7) is 2.30. The van der Waals surface area contributed by atoms with Crippen LogP contribution in [0.1, 0.15) is 17.4 Å². The van der Waals surface area contributed by atoms with E-state index in [9.17, 15) is 14.0 Å². The molecule has 0 radical (unpaired) electrons. The third-order valence-electron chi connectivity index (χ3n) is 3.41. The van der Waals surface area contributed by atoms with E-state index in [1.165, 1.54) is 37.8 Å². The van der Waals surface area contributed by atoms with E-state index in [0.29, 0.717) is 12.4 Å². The van der Waals surface area contributed by atoms with Crippen molar-refractivity contribution >= 4 is 30.5 Å². The van der Waals surface area contributed by atoms with Gasteiger partial charge in [0.1, 0.15) is 23.3 Å². The highest BCUT2D eigenvalue weighted by Gasteiger charge is 2.23. The lowest BCUT2D eigenvalue weighted by Crippen LogP contribution is -2.51. The van der Waals surface area contributed by atoms with E-state index >= 15 is 0 Å². The predicted octanol–water partition coefficient (Wildman–Crippen LogP) is 0.227. The SMILES string of the molecule is CCOc1ccc(Cl)c(F)c1.COCC(NC(=O)c1cnccn1)C(=O)NCB(O)O. The summed E-state index contributed by atoms with van der Waals surface area (Å²) in [6.07, 6.45) is 3.68. The van der Waals surface area contributed by atoms with Gasteiger partial charge in [0.2, 0.25) is 5.91 Å². The smallest absolute Gasteiger partial charge is 0.472 e. The Balaban J connectivity index is 0.000000367. The number of carbonyl (C=O) groups is 2. The van der Waals surface area contributed by atoms with Gasteiger partial charge in [-0.1, -0.05) is 11.6 Å². The van der Waals surface area contributed by atoms with Crippen LogP contribution in [-0.4, -0.2) is 71.8 Å². The summed E-state index contributed by atoms with van der Waals surface area (Å²) < 4.78 is 22.6. The number of hydrogen-bond donors (Lipinski definition) is 4. The number of hydrogen-bond acceptors (Lipinski definition) is 8. The topological polar surface area (TPSA) is 143 Å². The zero-order valence-corrected chi connectivity index (χ0v) is 17.7. The minimum absolute atomic E-state index is 0.0589. The van der Waals surface area contributed by atoms with Gasteiger partial charge in [0.05, 0.1) is 30.9 Å². The van der Waals surface area contributed by atoms with Crippen molar-refractivity contribution in [3.63, 3.8) is 0 Å². The second kappa shape index (κ2) is 14.3. The van der Waals surface area contributed by atoms with Crippen LogP contribution >= 0.6 is 11.6 Å². The molecule has 1 aromatic heterocycles. The van der Waals surface area contributed by atoms with Crippen LogP contribution in [0.3, 0.4) is 0 Å². The molecule has 13 heteroatoms. The van der Waals surface area contributed by atoms with Crippen LogP contribution in [0, 0.1) is 5.82 Å². The maximum absolute atomic E-state index is 12.7. The molecule has 4 N–H and O–H groups in total. The zero-order valence-electron chi connectivity index (χ0n) is 16.9. The summed E-state index contributed by atoms with van der Waals surface area (Å²) in [5, 5.41) is 22.1. The molecule has 31 heavy (non-hydrogen) atoms. The van der Waals surface area contributed by atoms with Gasteiger partial charge in [0.25, 0.3) is 5.91 Å². The first-order valence-corrected chi connectivity index (χ1v) is 9.43. The average molecular weight is 457 g/mol. The van der Waals surface area contributed by atoms with Gasteiger partial charge in [-0.05, 0) is 19.1 Å². The van der Waals surface area contributed by atoms with Crippen molar-refractivity contribution in [3.05, 3.63) is 53.3 Å². The van der Waals surface area contributed by atoms with Crippen molar-refractivity contribution in [2.75, 3.05) is 26.8 Å². The predicted molar refractivity (Wildman–Crippen MR) is 111 cm³/mol. The molecule has 1 unspecified atom stereocenters. The molecule has 2 aromatic rings. The summed E-state index contributed by atoms with van der Waals surface area (Å²) in [5.74, 6) is -1.12. The van der Waals surface area contributed by atoms with Crippen molar-refractivity contribution in [2.45, 2.75) is 13.0 Å². The van der Waals surface area contributed by atoms with Crippen LogP contribution in [0.4, 0.5) is 4.39 Å². The van der Waals surface area contributed by atoms with Gasteiger partial charge in [0.15, 0.2) is 0 Å². The normalized spacial score (nSPS) is 10.9. The fraction of sp³-hybridized carbons (Fsp3) is 0.333. The summed E-state index contributed by atoms with van der Waals surface area (Å²) in [7, 11) is -0.298. The second-order valence-electron chi connectivity index (χ2n) is 5.81. The summed E-state index contributed by atoms with van der Waals surface area (Å²) in [6, 6.07) is 3.40. The Morgan fingerprint density at radius 2 is 2.06 bits per heavy atom. The van der Waals surface area contributed by atoms with Gasteiger partial charge in [-0.25, -0.2) is 9.37 Å². The van der Waals surface area contributed by atoms with E-state index in [1.807, 2.05) is 6.92 Å². The molecule has 2 rings (SSSR count). The summed E-state index contributed by atoms with van der Waals surface area (Å²) >= 11 is 5.45. The number of aromatic nitrogens is 2. The Kier molecular flexibility index (Phi) is 12.1. The molecule has 0 aliphatic carbocycles. The van der Waals surface area contributed by atoms with E-state index in [0.717, 1.165) is 0 Å².